The molecule has 0 atom stereocenters. The van der Waals surface area contributed by atoms with Crippen molar-refractivity contribution >= 4 is 23.5 Å². The van der Waals surface area contributed by atoms with E-state index in [1.807, 2.05) is 13.0 Å². The Balaban J connectivity index is 1.20. The number of halogens is 6. The van der Waals surface area contributed by atoms with Gasteiger partial charge >= 0.3 is 18.3 Å². The van der Waals surface area contributed by atoms with E-state index in [0.29, 0.717) is 56.0 Å². The Kier molecular flexibility index (Phi) is 7.15. The van der Waals surface area contributed by atoms with Crippen LogP contribution in [0.1, 0.15) is 72.1 Å². The molecule has 8 rings (SSSR count). The predicted octanol–water partition coefficient (Wildman–Crippen LogP) is 5.86. The van der Waals surface area contributed by atoms with Crippen molar-refractivity contribution in [3.63, 3.8) is 0 Å². The molecule has 1 spiro atoms. The van der Waals surface area contributed by atoms with Crippen molar-refractivity contribution in [1.29, 1.82) is 0 Å². The van der Waals surface area contributed by atoms with E-state index in [1.165, 1.54) is 4.90 Å². The summed E-state index contributed by atoms with van der Waals surface area (Å²) in [6, 6.07) is 5.46. The Labute approximate surface area is 261 Å². The van der Waals surface area contributed by atoms with Gasteiger partial charge in [-0.1, -0.05) is 17.7 Å². The molecule has 2 N–H and O–H groups in total. The van der Waals surface area contributed by atoms with E-state index in [9.17, 15) is 41.0 Å². The van der Waals surface area contributed by atoms with Crippen LogP contribution in [0, 0.1) is 30.6 Å². The summed E-state index contributed by atoms with van der Waals surface area (Å²) in [6.45, 7) is 1.35. The van der Waals surface area contributed by atoms with Gasteiger partial charge in [-0.3, -0.25) is 9.69 Å². The molecule has 2 aromatic rings. The lowest BCUT2D eigenvalue weighted by atomic mass is 9.48. The Hall–Kier alpha value is -3.42. The van der Waals surface area contributed by atoms with Gasteiger partial charge in [0, 0.05) is 23.8 Å². The van der Waals surface area contributed by atoms with Gasteiger partial charge in [0.1, 0.15) is 5.54 Å². The maximum atomic E-state index is 14.6. The summed E-state index contributed by atoms with van der Waals surface area (Å²) < 4.78 is 82.9. The van der Waals surface area contributed by atoms with Gasteiger partial charge in [0.05, 0.1) is 12.1 Å². The van der Waals surface area contributed by atoms with Crippen molar-refractivity contribution in [2.75, 3.05) is 31.1 Å². The highest BCUT2D eigenvalue weighted by Gasteiger charge is 2.62. The Morgan fingerprint density at radius 2 is 1.63 bits per heavy atom. The summed E-state index contributed by atoms with van der Waals surface area (Å²) in [7, 11) is 0. The largest absolute Gasteiger partial charge is 0.479 e. The van der Waals surface area contributed by atoms with Crippen LogP contribution in [0.3, 0.4) is 0 Å². The minimum absolute atomic E-state index is 0.169. The van der Waals surface area contributed by atoms with Gasteiger partial charge in [-0.05, 0) is 100 Å². The fraction of sp³-hybridized carbons (Fsp3) is 0.625. The molecule has 1 aromatic carbocycles. The highest BCUT2D eigenvalue weighted by atomic mass is 19.4. The van der Waals surface area contributed by atoms with Crippen molar-refractivity contribution < 1.29 is 41.0 Å². The minimum atomic E-state index is -5.05. The number of likely N-dealkylation sites (tertiary alicyclic amines) is 1. The second kappa shape index (κ2) is 10.5. The van der Waals surface area contributed by atoms with Gasteiger partial charge < -0.3 is 15.3 Å². The predicted molar refractivity (Wildman–Crippen MR) is 154 cm³/mol. The lowest BCUT2D eigenvalue weighted by Gasteiger charge is -2.59. The third-order valence-corrected chi connectivity index (χ3v) is 11.3. The first-order valence-corrected chi connectivity index (χ1v) is 15.8. The van der Waals surface area contributed by atoms with Crippen molar-refractivity contribution in [3.05, 3.63) is 46.8 Å². The van der Waals surface area contributed by atoms with E-state index >= 15 is 0 Å². The second-order valence-electron chi connectivity index (χ2n) is 14.1. The van der Waals surface area contributed by atoms with E-state index in [-0.39, 0.29) is 37.4 Å². The molecular formula is C32H35F6N5O3. The molecule has 4 aliphatic carbocycles. The zero-order valence-electron chi connectivity index (χ0n) is 25.2. The lowest BCUT2D eigenvalue weighted by Crippen LogP contribution is -2.70. The molecule has 248 valence electrons. The number of amides is 1. The second-order valence-corrected chi connectivity index (χ2v) is 14.1. The quantitative estimate of drug-likeness (QED) is 0.391. The number of carboxylic acid groups (broad SMARTS) is 1. The number of carboxylic acids is 1. The number of carbonyl (C=O) groups excluding carboxylic acids is 1. The summed E-state index contributed by atoms with van der Waals surface area (Å²) in [4.78, 5) is 37.3. The first-order chi connectivity index (χ1) is 21.6. The van der Waals surface area contributed by atoms with Crippen LogP contribution in [0.25, 0.3) is 0 Å². The number of hydrogen-bond donors (Lipinski definition) is 2. The molecular weight excluding hydrogens is 616 g/mol. The number of aliphatic carboxylic acids is 1. The monoisotopic (exact) mass is 651 g/mol. The molecule has 1 saturated heterocycles. The number of nitrogens with zero attached hydrogens (tertiary/aromatic N) is 4. The van der Waals surface area contributed by atoms with E-state index in [4.69, 9.17) is 0 Å². The number of carbonyl (C=O) groups is 2. The van der Waals surface area contributed by atoms with Gasteiger partial charge in [0.2, 0.25) is 5.95 Å². The number of nitrogens with one attached hydrogen (secondary N) is 1. The summed E-state index contributed by atoms with van der Waals surface area (Å²) in [5.41, 5.74) is -2.28. The molecule has 1 amide bonds. The Morgan fingerprint density at radius 3 is 2.20 bits per heavy atom. The van der Waals surface area contributed by atoms with Gasteiger partial charge in [0.25, 0.3) is 5.91 Å². The molecule has 14 heteroatoms. The number of benzene rings is 1. The van der Waals surface area contributed by atoms with E-state index in [2.05, 4.69) is 15.3 Å². The van der Waals surface area contributed by atoms with E-state index in [1.54, 1.807) is 17.0 Å². The zero-order chi connectivity index (χ0) is 32.8. The molecule has 46 heavy (non-hydrogen) atoms. The molecule has 2 aliphatic heterocycles. The molecule has 8 nitrogen and oxygen atoms in total. The summed E-state index contributed by atoms with van der Waals surface area (Å²) in [5, 5.41) is 12.9. The third kappa shape index (κ3) is 5.11. The fourth-order valence-electron chi connectivity index (χ4n) is 9.46. The Bertz CT molecular complexity index is 1540. The zero-order valence-corrected chi connectivity index (χ0v) is 25.2. The molecule has 4 bridgehead atoms. The lowest BCUT2D eigenvalue weighted by molar-refractivity contribution is -0.163. The SMILES string of the molecule is Cc1ccc2c(c1)C1(CCN(CC(F)(F)F)CC1)CN2c1ncc(C(=O)NC2(C(=O)O)C3CC4CC(C3)CC2C4)c(C(F)(F)F)n1. The standard InChI is InChI=1S/C32H35F6N5O3/c1-17-2-3-24-23(8-17)29(4-6-42(7-5-29)16-30(33,34)35)15-43(24)28-39-14-22(25(40-28)32(36,37)38)26(44)41-31(27(45)46)20-10-18-9-19(12-20)13-21(31)11-18/h2-3,8,14,18-21H,4-7,9-13,15-16H2,1H3,(H,41,44)(H,45,46). The van der Waals surface area contributed by atoms with E-state index in [0.717, 1.165) is 23.7 Å². The maximum Gasteiger partial charge on any atom is 0.434 e. The number of anilines is 2. The van der Waals surface area contributed by atoms with Gasteiger partial charge in [-0.2, -0.15) is 26.3 Å². The van der Waals surface area contributed by atoms with Crippen molar-refractivity contribution in [2.24, 2.45) is 23.7 Å². The molecule has 0 radical (unpaired) electrons. The molecule has 6 aliphatic rings. The number of aromatic nitrogens is 2. The number of piperidine rings is 1. The van der Waals surface area contributed by atoms with E-state index < -0.39 is 53.0 Å². The third-order valence-electron chi connectivity index (χ3n) is 11.3. The fourth-order valence-corrected chi connectivity index (χ4v) is 9.46. The van der Waals surface area contributed by atoms with Crippen LogP contribution < -0.4 is 10.2 Å². The van der Waals surface area contributed by atoms with Crippen LogP contribution in [0.5, 0.6) is 0 Å². The van der Waals surface area contributed by atoms with Crippen LogP contribution in [0.2, 0.25) is 0 Å². The summed E-state index contributed by atoms with van der Waals surface area (Å²) >= 11 is 0. The van der Waals surface area contributed by atoms with Crippen molar-refractivity contribution in [1.82, 2.24) is 20.2 Å². The average molecular weight is 652 g/mol. The molecule has 3 heterocycles. The summed E-state index contributed by atoms with van der Waals surface area (Å²) in [6.07, 6.45) is -4.36. The van der Waals surface area contributed by atoms with Crippen LogP contribution in [0.15, 0.2) is 24.4 Å². The topological polar surface area (TPSA) is 98.7 Å². The van der Waals surface area contributed by atoms with Crippen molar-refractivity contribution in [2.45, 2.75) is 75.2 Å². The van der Waals surface area contributed by atoms with Crippen LogP contribution in [-0.2, 0) is 16.4 Å². The first-order valence-electron chi connectivity index (χ1n) is 15.8. The van der Waals surface area contributed by atoms with Gasteiger partial charge in [-0.15, -0.1) is 0 Å². The van der Waals surface area contributed by atoms with Crippen LogP contribution in [-0.4, -0.2) is 69.7 Å². The molecule has 0 unspecified atom stereocenters. The molecule has 5 fully saturated rings. The highest BCUT2D eigenvalue weighted by molar-refractivity contribution is 5.99. The summed E-state index contributed by atoms with van der Waals surface area (Å²) in [5.74, 6) is -2.66. The minimum Gasteiger partial charge on any atom is -0.479 e. The number of alkyl halides is 6. The number of hydrogen-bond acceptors (Lipinski definition) is 6. The highest BCUT2D eigenvalue weighted by Crippen LogP contribution is 2.58. The first kappa shape index (κ1) is 31.2. The Morgan fingerprint density at radius 1 is 1.00 bits per heavy atom. The normalized spacial score (nSPS) is 30.1. The average Bonchev–Trinajstić information content (AvgIpc) is 3.27. The van der Waals surface area contributed by atoms with Gasteiger partial charge in [-0.25, -0.2) is 14.8 Å². The number of fused-ring (bicyclic) bond motifs is 2. The van der Waals surface area contributed by atoms with Crippen molar-refractivity contribution in [3.8, 4) is 0 Å². The number of rotatable bonds is 5. The van der Waals surface area contributed by atoms with Gasteiger partial charge in [0.15, 0.2) is 5.69 Å². The maximum absolute atomic E-state index is 14.6. The van der Waals surface area contributed by atoms with Crippen LogP contribution >= 0.6 is 0 Å². The smallest absolute Gasteiger partial charge is 0.434 e. The number of aryl methyl sites for hydroxylation is 1. The molecule has 4 saturated carbocycles. The van der Waals surface area contributed by atoms with Crippen LogP contribution in [0.4, 0.5) is 38.0 Å². The molecule has 1 aromatic heterocycles.